The number of aromatic amines is 1. The fourth-order valence-electron chi connectivity index (χ4n) is 2.70. The lowest BCUT2D eigenvalue weighted by Gasteiger charge is -2.17. The molecule has 0 atom stereocenters. The molecule has 1 aromatic carbocycles. The quantitative estimate of drug-likeness (QED) is 0.554. The Morgan fingerprint density at radius 3 is 2.75 bits per heavy atom. The number of thiophene rings is 1. The minimum atomic E-state index is -0.214. The molecule has 0 spiro atoms. The number of aromatic nitrogens is 3. The Morgan fingerprint density at radius 2 is 2.04 bits per heavy atom. The molecule has 0 aliphatic heterocycles. The number of nitrogens with zero attached hydrogens (tertiary/aromatic N) is 3. The van der Waals surface area contributed by atoms with Crippen molar-refractivity contribution in [1.82, 2.24) is 25.0 Å². The van der Waals surface area contributed by atoms with Crippen molar-refractivity contribution < 1.29 is 9.59 Å². The molecule has 2 heterocycles. The number of H-pyrrole nitrogens is 1. The molecule has 3 aromatic rings. The molecule has 0 bridgehead atoms. The van der Waals surface area contributed by atoms with Crippen LogP contribution in [0.5, 0.6) is 0 Å². The number of carbonyl (C=O) groups is 2. The molecule has 0 aliphatic rings. The highest BCUT2D eigenvalue weighted by molar-refractivity contribution is 7.71. The predicted molar refractivity (Wildman–Crippen MR) is 111 cm³/mol. The van der Waals surface area contributed by atoms with E-state index in [2.05, 4.69) is 15.5 Å². The summed E-state index contributed by atoms with van der Waals surface area (Å²) in [6, 6.07) is 13.6. The van der Waals surface area contributed by atoms with Crippen LogP contribution in [0.1, 0.15) is 12.0 Å². The van der Waals surface area contributed by atoms with Gasteiger partial charge in [-0.15, -0.1) is 11.3 Å². The predicted octanol–water partition coefficient (Wildman–Crippen LogP) is 2.83. The van der Waals surface area contributed by atoms with E-state index in [0.29, 0.717) is 17.1 Å². The van der Waals surface area contributed by atoms with E-state index in [1.165, 1.54) is 11.3 Å². The zero-order valence-electron chi connectivity index (χ0n) is 15.4. The summed E-state index contributed by atoms with van der Waals surface area (Å²) in [5.41, 5.74) is 1.07. The summed E-state index contributed by atoms with van der Waals surface area (Å²) in [7, 11) is 1.76. The van der Waals surface area contributed by atoms with Crippen LogP contribution in [0.2, 0.25) is 0 Å². The third kappa shape index (κ3) is 5.14. The van der Waals surface area contributed by atoms with Crippen molar-refractivity contribution >= 4 is 35.4 Å². The van der Waals surface area contributed by atoms with Gasteiger partial charge < -0.3 is 10.2 Å². The normalized spacial score (nSPS) is 10.6. The number of nitrogens with one attached hydrogen (secondary N) is 2. The highest BCUT2D eigenvalue weighted by atomic mass is 32.1. The monoisotopic (exact) mass is 415 g/mol. The van der Waals surface area contributed by atoms with Crippen LogP contribution in [-0.2, 0) is 22.7 Å². The summed E-state index contributed by atoms with van der Waals surface area (Å²) < 4.78 is 2.04. The summed E-state index contributed by atoms with van der Waals surface area (Å²) in [5.74, 6) is 0.394. The van der Waals surface area contributed by atoms with Crippen molar-refractivity contribution in [1.29, 1.82) is 0 Å². The summed E-state index contributed by atoms with van der Waals surface area (Å²) in [6.07, 6.45) is 0.240. The molecular formula is C19H21N5O2S2. The smallest absolute Gasteiger partial charge is 0.240 e. The van der Waals surface area contributed by atoms with Crippen molar-refractivity contribution in [3.8, 4) is 10.7 Å². The van der Waals surface area contributed by atoms with Gasteiger partial charge in [-0.2, -0.15) is 5.10 Å². The molecule has 0 saturated heterocycles. The first-order chi connectivity index (χ1) is 13.5. The van der Waals surface area contributed by atoms with Gasteiger partial charge in [0.2, 0.25) is 11.8 Å². The molecule has 0 unspecified atom stereocenters. The maximum Gasteiger partial charge on any atom is 0.240 e. The number of hydrogen-bond donors (Lipinski definition) is 2. The Kier molecular flexibility index (Phi) is 6.72. The van der Waals surface area contributed by atoms with Crippen LogP contribution in [-0.4, -0.2) is 45.1 Å². The second-order valence-electron chi connectivity index (χ2n) is 6.25. The van der Waals surface area contributed by atoms with E-state index < -0.39 is 0 Å². The van der Waals surface area contributed by atoms with E-state index in [0.717, 1.165) is 10.4 Å². The van der Waals surface area contributed by atoms with Crippen LogP contribution in [0, 0.1) is 4.77 Å². The van der Waals surface area contributed by atoms with Crippen LogP contribution in [0.25, 0.3) is 10.7 Å². The van der Waals surface area contributed by atoms with E-state index >= 15 is 0 Å². The van der Waals surface area contributed by atoms with Crippen molar-refractivity contribution in [2.45, 2.75) is 19.5 Å². The summed E-state index contributed by atoms with van der Waals surface area (Å²) >= 11 is 6.75. The van der Waals surface area contributed by atoms with Crippen molar-refractivity contribution in [2.24, 2.45) is 0 Å². The lowest BCUT2D eigenvalue weighted by molar-refractivity contribution is -0.130. The van der Waals surface area contributed by atoms with E-state index in [4.69, 9.17) is 12.2 Å². The molecule has 0 fully saturated rings. The Labute approximate surface area is 172 Å². The van der Waals surface area contributed by atoms with Gasteiger partial charge in [-0.3, -0.25) is 19.3 Å². The topological polar surface area (TPSA) is 83.0 Å². The Bertz CT molecular complexity index is 979. The lowest BCUT2D eigenvalue weighted by atomic mass is 10.2. The first-order valence-corrected chi connectivity index (χ1v) is 10.1. The fraction of sp³-hybridized carbons (Fsp3) is 0.263. The third-order valence-corrected chi connectivity index (χ3v) is 5.33. The van der Waals surface area contributed by atoms with Crippen LogP contribution in [0.15, 0.2) is 47.8 Å². The first-order valence-electron chi connectivity index (χ1n) is 8.78. The zero-order valence-corrected chi connectivity index (χ0v) is 17.1. The molecule has 28 heavy (non-hydrogen) atoms. The molecule has 2 N–H and O–H groups in total. The van der Waals surface area contributed by atoms with E-state index in [1.54, 1.807) is 16.5 Å². The maximum atomic E-state index is 12.3. The van der Waals surface area contributed by atoms with Crippen molar-refractivity contribution in [3.05, 3.63) is 58.2 Å². The van der Waals surface area contributed by atoms with Gasteiger partial charge >= 0.3 is 0 Å². The number of rotatable bonds is 8. The average molecular weight is 416 g/mol. The summed E-state index contributed by atoms with van der Waals surface area (Å²) in [4.78, 5) is 27.1. The fourth-order valence-corrected chi connectivity index (χ4v) is 3.62. The maximum absolute atomic E-state index is 12.3. The summed E-state index contributed by atoms with van der Waals surface area (Å²) in [5, 5.41) is 11.6. The molecule has 0 saturated carbocycles. The molecule has 2 aromatic heterocycles. The molecule has 7 nitrogen and oxygen atoms in total. The number of benzene rings is 1. The highest BCUT2D eigenvalue weighted by Crippen LogP contribution is 2.22. The van der Waals surface area contributed by atoms with Crippen LogP contribution < -0.4 is 5.32 Å². The van der Waals surface area contributed by atoms with Crippen molar-refractivity contribution in [2.75, 3.05) is 13.6 Å². The zero-order chi connectivity index (χ0) is 19.9. The van der Waals surface area contributed by atoms with Gasteiger partial charge in [0.25, 0.3) is 0 Å². The number of carbonyl (C=O) groups excluding carboxylic acids is 2. The molecule has 146 valence electrons. The first kappa shape index (κ1) is 20.0. The van der Waals surface area contributed by atoms with Gasteiger partial charge in [0.05, 0.1) is 4.88 Å². The second-order valence-corrected chi connectivity index (χ2v) is 7.59. The Balaban J connectivity index is 1.48. The highest BCUT2D eigenvalue weighted by Gasteiger charge is 2.14. The molecule has 9 heteroatoms. The molecule has 2 amide bonds. The minimum absolute atomic E-state index is 0.0247. The van der Waals surface area contributed by atoms with E-state index in [9.17, 15) is 9.59 Å². The van der Waals surface area contributed by atoms with Crippen LogP contribution >= 0.6 is 23.6 Å². The number of amides is 2. The van der Waals surface area contributed by atoms with E-state index in [-0.39, 0.29) is 31.3 Å². The standard InChI is InChI=1S/C19H21N5O2S2/c1-23(12-14-6-3-2-4-7-14)17(26)9-10-20-16(25)13-24-18(21-22-19(24)27)15-8-5-11-28-15/h2-8,11H,9-10,12-13H2,1H3,(H,20,25)(H,22,27). The third-order valence-electron chi connectivity index (χ3n) is 4.15. The largest absolute Gasteiger partial charge is 0.354 e. The second kappa shape index (κ2) is 9.43. The molecule has 0 aliphatic carbocycles. The SMILES string of the molecule is CN(Cc1ccccc1)C(=O)CCNC(=O)Cn1c(-c2cccs2)n[nH]c1=S. The van der Waals surface area contributed by atoms with Gasteiger partial charge in [0.1, 0.15) is 6.54 Å². The van der Waals surface area contributed by atoms with Gasteiger partial charge in [-0.05, 0) is 29.2 Å². The molecule has 0 radical (unpaired) electrons. The Morgan fingerprint density at radius 1 is 1.25 bits per heavy atom. The van der Waals surface area contributed by atoms with Crippen LogP contribution in [0.4, 0.5) is 0 Å². The van der Waals surface area contributed by atoms with Crippen LogP contribution in [0.3, 0.4) is 0 Å². The van der Waals surface area contributed by atoms with Crippen molar-refractivity contribution in [3.63, 3.8) is 0 Å². The molecular weight excluding hydrogens is 394 g/mol. The minimum Gasteiger partial charge on any atom is -0.354 e. The average Bonchev–Trinajstić information content (AvgIpc) is 3.33. The van der Waals surface area contributed by atoms with E-state index in [1.807, 2.05) is 47.8 Å². The summed E-state index contributed by atoms with van der Waals surface area (Å²) in [6.45, 7) is 0.870. The van der Waals surface area contributed by atoms with Gasteiger partial charge in [0, 0.05) is 26.6 Å². The lowest BCUT2D eigenvalue weighted by Crippen LogP contribution is -2.33. The Hall–Kier alpha value is -2.78. The van der Waals surface area contributed by atoms with Gasteiger partial charge in [0.15, 0.2) is 10.6 Å². The van der Waals surface area contributed by atoms with Gasteiger partial charge in [-0.25, -0.2) is 0 Å². The number of hydrogen-bond acceptors (Lipinski definition) is 5. The van der Waals surface area contributed by atoms with Gasteiger partial charge in [-0.1, -0.05) is 36.4 Å². The molecule has 3 rings (SSSR count).